The van der Waals surface area contributed by atoms with E-state index in [4.69, 9.17) is 24.3 Å². The average molecular weight is 1370 g/mol. The van der Waals surface area contributed by atoms with Crippen molar-refractivity contribution in [2.75, 3.05) is 26.4 Å². The van der Waals surface area contributed by atoms with Crippen LogP contribution in [0, 0.1) is 0 Å². The molecule has 0 aromatic carbocycles. The van der Waals surface area contributed by atoms with Crippen molar-refractivity contribution < 1.29 is 37.6 Å². The van der Waals surface area contributed by atoms with Gasteiger partial charge in [0.25, 0.3) is 0 Å². The summed E-state index contributed by atoms with van der Waals surface area (Å²) in [6.45, 7) is 3.87. The van der Waals surface area contributed by atoms with E-state index < -0.39 is 26.5 Å². The van der Waals surface area contributed by atoms with E-state index in [-0.39, 0.29) is 32.1 Å². The molecule has 2 atom stereocenters. The van der Waals surface area contributed by atoms with Gasteiger partial charge < -0.3 is 20.1 Å². The van der Waals surface area contributed by atoms with Crippen LogP contribution in [0.1, 0.15) is 502 Å². The van der Waals surface area contributed by atoms with Crippen LogP contribution in [0.15, 0.2) is 0 Å². The van der Waals surface area contributed by atoms with Crippen LogP contribution in [0.5, 0.6) is 0 Å². The van der Waals surface area contributed by atoms with Crippen LogP contribution in [0.3, 0.4) is 0 Å². The highest BCUT2D eigenvalue weighted by atomic mass is 31.2. The zero-order valence-electron chi connectivity index (χ0n) is 64.5. The Hall–Kier alpha value is -0.990. The maximum Gasteiger partial charge on any atom is 0.472 e. The lowest BCUT2D eigenvalue weighted by Crippen LogP contribution is -2.29. The Kier molecular flexibility index (Phi) is 81.1. The van der Waals surface area contributed by atoms with Crippen LogP contribution < -0.4 is 5.73 Å². The third-order valence-corrected chi connectivity index (χ3v) is 21.5. The molecule has 0 amide bonds. The Morgan fingerprint density at radius 1 is 0.274 bits per heavy atom. The van der Waals surface area contributed by atoms with Gasteiger partial charge in [0.05, 0.1) is 13.2 Å². The smallest absolute Gasteiger partial charge is 0.462 e. The average Bonchev–Trinajstić information content (AvgIpc) is 1.55. The van der Waals surface area contributed by atoms with Crippen LogP contribution in [0.25, 0.3) is 0 Å². The van der Waals surface area contributed by atoms with E-state index in [2.05, 4.69) is 13.8 Å². The van der Waals surface area contributed by atoms with Gasteiger partial charge in [0.15, 0.2) is 6.10 Å². The SMILES string of the molecule is CCCCCCCCCCCCCCCCCCCCCCCCCCCCCCCCCCCCCCCC(=O)OCC(COP(=O)(O)OCCN)OC(=O)CCCCCCCCCCCCCCCCCCCCCCCCCCCCCCCCCCCCCCC. The number of carbonyl (C=O) groups is 2. The van der Waals surface area contributed by atoms with Gasteiger partial charge in [0, 0.05) is 19.4 Å². The number of nitrogens with two attached hydrogens (primary N) is 1. The predicted molar refractivity (Wildman–Crippen MR) is 414 cm³/mol. The van der Waals surface area contributed by atoms with Crippen molar-refractivity contribution in [2.24, 2.45) is 5.73 Å². The van der Waals surface area contributed by atoms with Gasteiger partial charge in [-0.25, -0.2) is 4.57 Å². The highest BCUT2D eigenvalue weighted by molar-refractivity contribution is 7.47. The van der Waals surface area contributed by atoms with Crippen molar-refractivity contribution in [1.29, 1.82) is 0 Å². The summed E-state index contributed by atoms with van der Waals surface area (Å²) < 4.78 is 33.3. The van der Waals surface area contributed by atoms with Crippen LogP contribution in [0.4, 0.5) is 0 Å². The molecule has 0 bridgehead atoms. The Labute approximate surface area is 594 Å². The molecule has 0 aliphatic rings. The number of ether oxygens (including phenoxy) is 2. The molecule has 0 saturated carbocycles. The third kappa shape index (κ3) is 81.9. The van der Waals surface area contributed by atoms with Crippen LogP contribution >= 0.6 is 7.82 Å². The fourth-order valence-electron chi connectivity index (χ4n) is 14.1. The first-order valence-electron chi connectivity index (χ1n) is 43.5. The minimum atomic E-state index is -4.39. The zero-order chi connectivity index (χ0) is 68.6. The second-order valence-electron chi connectivity index (χ2n) is 30.1. The van der Waals surface area contributed by atoms with Crippen LogP contribution in [0.2, 0.25) is 0 Å². The number of unbranched alkanes of at least 4 members (excludes halogenated alkanes) is 72. The molecule has 568 valence electrons. The molecule has 0 spiro atoms. The molecule has 95 heavy (non-hydrogen) atoms. The summed E-state index contributed by atoms with van der Waals surface area (Å²) in [5.74, 6) is -0.792. The second-order valence-corrected chi connectivity index (χ2v) is 31.6. The molecule has 10 heteroatoms. The number of phosphoric acid groups is 1. The van der Waals surface area contributed by atoms with Gasteiger partial charge in [0.2, 0.25) is 0 Å². The van der Waals surface area contributed by atoms with E-state index in [1.165, 1.54) is 437 Å². The van der Waals surface area contributed by atoms with Crippen LogP contribution in [-0.4, -0.2) is 49.3 Å². The lowest BCUT2D eigenvalue weighted by molar-refractivity contribution is -0.161. The molecule has 0 aromatic rings. The summed E-state index contributed by atoms with van der Waals surface area (Å²) in [4.78, 5) is 35.5. The van der Waals surface area contributed by atoms with E-state index in [1.807, 2.05) is 0 Å². The third-order valence-electron chi connectivity index (χ3n) is 20.5. The number of phosphoric ester groups is 1. The number of carbonyl (C=O) groups excluding carboxylic acids is 2. The van der Waals surface area contributed by atoms with Crippen molar-refractivity contribution in [3.63, 3.8) is 0 Å². The maximum absolute atomic E-state index is 12.8. The first-order chi connectivity index (χ1) is 46.8. The Morgan fingerprint density at radius 2 is 0.453 bits per heavy atom. The molecule has 0 aliphatic carbocycles. The van der Waals surface area contributed by atoms with Gasteiger partial charge in [-0.15, -0.1) is 0 Å². The number of hydrogen-bond donors (Lipinski definition) is 2. The monoisotopic (exact) mass is 1360 g/mol. The van der Waals surface area contributed by atoms with E-state index in [0.29, 0.717) is 12.8 Å². The van der Waals surface area contributed by atoms with Gasteiger partial charge in [-0.2, -0.15) is 0 Å². The first-order valence-corrected chi connectivity index (χ1v) is 45.0. The van der Waals surface area contributed by atoms with Gasteiger partial charge in [0.1, 0.15) is 6.61 Å². The summed E-state index contributed by atoms with van der Waals surface area (Å²) in [5.41, 5.74) is 5.42. The molecule has 0 aliphatic heterocycles. The molecule has 0 radical (unpaired) electrons. The van der Waals surface area contributed by atoms with Crippen molar-refractivity contribution in [3.05, 3.63) is 0 Å². The summed E-state index contributed by atoms with van der Waals surface area (Å²) in [7, 11) is -4.39. The summed E-state index contributed by atoms with van der Waals surface area (Å²) >= 11 is 0. The summed E-state index contributed by atoms with van der Waals surface area (Å²) in [6, 6.07) is 0. The Morgan fingerprint density at radius 3 is 0.642 bits per heavy atom. The maximum atomic E-state index is 12.8. The quantitative estimate of drug-likeness (QED) is 0.0347. The largest absolute Gasteiger partial charge is 0.472 e. The van der Waals surface area contributed by atoms with Crippen molar-refractivity contribution >= 4 is 19.8 Å². The fraction of sp³-hybridized carbons (Fsp3) is 0.976. The zero-order valence-corrected chi connectivity index (χ0v) is 65.4. The van der Waals surface area contributed by atoms with Gasteiger partial charge >= 0.3 is 19.8 Å². The number of rotatable bonds is 85. The highest BCUT2D eigenvalue weighted by Crippen LogP contribution is 2.43. The molecule has 0 saturated heterocycles. The molecule has 2 unspecified atom stereocenters. The van der Waals surface area contributed by atoms with Gasteiger partial charge in [-0.1, -0.05) is 476 Å². The molecule has 9 nitrogen and oxygen atoms in total. The van der Waals surface area contributed by atoms with E-state index >= 15 is 0 Å². The normalized spacial score (nSPS) is 12.7. The lowest BCUT2D eigenvalue weighted by Gasteiger charge is -2.19. The molecule has 3 N–H and O–H groups in total. The molecular formula is C85H170NO8P. The second kappa shape index (κ2) is 82.0. The lowest BCUT2D eigenvalue weighted by atomic mass is 10.0. The Balaban J connectivity index is 3.68. The number of hydrogen-bond acceptors (Lipinski definition) is 8. The van der Waals surface area contributed by atoms with E-state index in [1.54, 1.807) is 0 Å². The predicted octanol–water partition coefficient (Wildman–Crippen LogP) is 29.2. The minimum Gasteiger partial charge on any atom is -0.462 e. The standard InChI is InChI=1S/C85H170NO8P/c1-3-5-7-9-11-13-15-17-19-21-23-25-27-29-31-33-35-37-39-41-43-45-47-49-51-53-55-57-59-61-63-65-67-69-71-73-75-77-84(87)91-81-83(82-93-95(89,90)92-80-79-86)94-85(88)78-76-74-72-70-68-66-64-62-60-58-56-54-52-50-48-46-44-42-40-38-36-34-32-30-28-26-24-22-20-18-16-14-12-10-8-6-4-2/h83H,3-82,86H2,1-2H3,(H,89,90). The van der Waals surface area contributed by atoms with Crippen molar-refractivity contribution in [2.45, 2.75) is 508 Å². The van der Waals surface area contributed by atoms with Gasteiger partial charge in [-0.05, 0) is 12.8 Å². The van der Waals surface area contributed by atoms with Gasteiger partial charge in [-0.3, -0.25) is 18.6 Å². The first kappa shape index (κ1) is 94.0. The summed E-state index contributed by atoms with van der Waals surface area (Å²) in [5, 5.41) is 0. The fourth-order valence-corrected chi connectivity index (χ4v) is 14.8. The molecule has 0 aromatic heterocycles. The number of esters is 2. The van der Waals surface area contributed by atoms with E-state index in [0.717, 1.165) is 32.1 Å². The van der Waals surface area contributed by atoms with Crippen molar-refractivity contribution in [3.8, 4) is 0 Å². The molecular weight excluding hydrogens is 1190 g/mol. The Bertz CT molecular complexity index is 1520. The summed E-state index contributed by atoms with van der Waals surface area (Å²) in [6.07, 6.45) is 102. The highest BCUT2D eigenvalue weighted by Gasteiger charge is 2.26. The van der Waals surface area contributed by atoms with E-state index in [9.17, 15) is 19.0 Å². The van der Waals surface area contributed by atoms with Crippen LogP contribution in [-0.2, 0) is 32.7 Å². The topological polar surface area (TPSA) is 134 Å². The molecule has 0 heterocycles. The minimum absolute atomic E-state index is 0.0590. The molecule has 0 rings (SSSR count). The molecule has 0 fully saturated rings. The van der Waals surface area contributed by atoms with Crippen molar-refractivity contribution in [1.82, 2.24) is 0 Å².